The van der Waals surface area contributed by atoms with E-state index in [1.807, 2.05) is 0 Å². The van der Waals surface area contributed by atoms with Gasteiger partial charge in [0.1, 0.15) is 0 Å². The summed E-state index contributed by atoms with van der Waals surface area (Å²) in [7, 11) is 0. The van der Waals surface area contributed by atoms with Gasteiger partial charge >= 0.3 is 5.97 Å². The fourth-order valence-corrected chi connectivity index (χ4v) is 1.99. The first-order chi connectivity index (χ1) is 6.72. The van der Waals surface area contributed by atoms with Crippen molar-refractivity contribution in [1.29, 1.82) is 0 Å². The number of aliphatic carboxylic acids is 1. The highest BCUT2D eigenvalue weighted by Gasteiger charge is 2.41. The van der Waals surface area contributed by atoms with Crippen LogP contribution in [-0.2, 0) is 14.3 Å². The number of carboxylic acid groups (broad SMARTS) is 1. The molecule has 0 aliphatic carbocycles. The molecule has 2 N–H and O–H groups in total. The van der Waals surface area contributed by atoms with Gasteiger partial charge in [-0.25, -0.2) is 4.79 Å². The number of piperidine rings is 1. The maximum absolute atomic E-state index is 10.8. The molecule has 5 nitrogen and oxygen atoms in total. The SMILES string of the molecule is Cl.O=C(O)C1COCC2(CCNCC2)O1. The van der Waals surface area contributed by atoms with Crippen molar-refractivity contribution in [3.8, 4) is 0 Å². The first-order valence-electron chi connectivity index (χ1n) is 4.91. The molecule has 0 saturated carbocycles. The number of rotatable bonds is 1. The maximum atomic E-state index is 10.8. The van der Waals surface area contributed by atoms with Crippen molar-refractivity contribution in [3.63, 3.8) is 0 Å². The number of hydrogen-bond donors (Lipinski definition) is 2. The van der Waals surface area contributed by atoms with Crippen LogP contribution in [0.15, 0.2) is 0 Å². The van der Waals surface area contributed by atoms with Crippen LogP contribution in [0.2, 0.25) is 0 Å². The molecular formula is C9H16ClNO4. The van der Waals surface area contributed by atoms with Crippen LogP contribution >= 0.6 is 12.4 Å². The fourth-order valence-electron chi connectivity index (χ4n) is 1.99. The normalized spacial score (nSPS) is 29.5. The van der Waals surface area contributed by atoms with Gasteiger partial charge in [-0.05, 0) is 25.9 Å². The lowest BCUT2D eigenvalue weighted by molar-refractivity contribution is -0.217. The molecule has 2 saturated heterocycles. The standard InChI is InChI=1S/C9H15NO4.ClH/c11-8(12)7-5-13-6-9(14-7)1-3-10-4-2-9;/h7,10H,1-6H2,(H,11,12);1H. The minimum absolute atomic E-state index is 0. The lowest BCUT2D eigenvalue weighted by Crippen LogP contribution is -2.54. The molecule has 0 radical (unpaired) electrons. The van der Waals surface area contributed by atoms with Crippen LogP contribution in [0.1, 0.15) is 12.8 Å². The molecule has 2 fully saturated rings. The van der Waals surface area contributed by atoms with Crippen LogP contribution < -0.4 is 5.32 Å². The fraction of sp³-hybridized carbons (Fsp3) is 0.889. The highest BCUT2D eigenvalue weighted by Crippen LogP contribution is 2.28. The summed E-state index contributed by atoms with van der Waals surface area (Å²) in [6.07, 6.45) is 0.870. The average Bonchev–Trinajstić information content (AvgIpc) is 2.19. The summed E-state index contributed by atoms with van der Waals surface area (Å²) in [6.45, 7) is 2.44. The molecule has 6 heteroatoms. The van der Waals surface area contributed by atoms with E-state index in [1.54, 1.807) is 0 Å². The maximum Gasteiger partial charge on any atom is 0.335 e. The molecule has 2 rings (SSSR count). The Morgan fingerprint density at radius 2 is 2.07 bits per heavy atom. The Labute approximate surface area is 94.5 Å². The third kappa shape index (κ3) is 2.81. The van der Waals surface area contributed by atoms with Gasteiger partial charge in [0.05, 0.1) is 18.8 Å². The van der Waals surface area contributed by atoms with E-state index in [-0.39, 0.29) is 24.6 Å². The zero-order valence-electron chi connectivity index (χ0n) is 8.40. The number of ether oxygens (including phenoxy) is 2. The van der Waals surface area contributed by atoms with Gasteiger partial charge in [-0.15, -0.1) is 12.4 Å². The van der Waals surface area contributed by atoms with Crippen LogP contribution in [0.25, 0.3) is 0 Å². The van der Waals surface area contributed by atoms with E-state index in [9.17, 15) is 4.79 Å². The lowest BCUT2D eigenvalue weighted by atomic mass is 9.92. The van der Waals surface area contributed by atoms with E-state index in [1.165, 1.54) is 0 Å². The average molecular weight is 238 g/mol. The number of nitrogens with one attached hydrogen (secondary N) is 1. The molecule has 15 heavy (non-hydrogen) atoms. The van der Waals surface area contributed by atoms with Gasteiger partial charge in [-0.3, -0.25) is 0 Å². The molecule has 1 spiro atoms. The van der Waals surface area contributed by atoms with Crippen molar-refractivity contribution in [2.45, 2.75) is 24.5 Å². The molecule has 0 aromatic rings. The summed E-state index contributed by atoms with van der Waals surface area (Å²) in [4.78, 5) is 10.8. The van der Waals surface area contributed by atoms with Crippen molar-refractivity contribution in [2.24, 2.45) is 0 Å². The number of carbonyl (C=O) groups is 1. The summed E-state index contributed by atoms with van der Waals surface area (Å²) in [5, 5.41) is 12.0. The van der Waals surface area contributed by atoms with Crippen LogP contribution in [0.3, 0.4) is 0 Å². The Balaban J connectivity index is 0.00000112. The number of halogens is 1. The van der Waals surface area contributed by atoms with E-state index in [2.05, 4.69) is 5.32 Å². The summed E-state index contributed by atoms with van der Waals surface area (Å²) >= 11 is 0. The van der Waals surface area contributed by atoms with Gasteiger partial charge in [0.15, 0.2) is 6.10 Å². The van der Waals surface area contributed by atoms with E-state index >= 15 is 0 Å². The number of carboxylic acids is 1. The molecule has 2 heterocycles. The van der Waals surface area contributed by atoms with Crippen LogP contribution in [0.4, 0.5) is 0 Å². The quantitative estimate of drug-likeness (QED) is 0.674. The first kappa shape index (κ1) is 12.7. The van der Waals surface area contributed by atoms with Gasteiger partial charge in [0.2, 0.25) is 0 Å². The zero-order chi connectivity index (χ0) is 10.0. The monoisotopic (exact) mass is 237 g/mol. The first-order valence-corrected chi connectivity index (χ1v) is 4.91. The second kappa shape index (κ2) is 5.12. The van der Waals surface area contributed by atoms with Gasteiger partial charge < -0.3 is 19.9 Å². The zero-order valence-corrected chi connectivity index (χ0v) is 9.22. The molecule has 0 aromatic heterocycles. The van der Waals surface area contributed by atoms with Gasteiger partial charge in [-0.2, -0.15) is 0 Å². The van der Waals surface area contributed by atoms with Crippen molar-refractivity contribution in [2.75, 3.05) is 26.3 Å². The van der Waals surface area contributed by atoms with E-state index in [0.717, 1.165) is 25.9 Å². The molecular weight excluding hydrogens is 222 g/mol. The Hall–Kier alpha value is -0.360. The van der Waals surface area contributed by atoms with Gasteiger partial charge in [0, 0.05) is 0 Å². The third-order valence-electron chi connectivity index (χ3n) is 2.82. The third-order valence-corrected chi connectivity index (χ3v) is 2.82. The Morgan fingerprint density at radius 3 is 2.67 bits per heavy atom. The molecule has 88 valence electrons. The molecule has 0 amide bonds. The molecule has 1 unspecified atom stereocenters. The topological polar surface area (TPSA) is 67.8 Å². The summed E-state index contributed by atoms with van der Waals surface area (Å²) < 4.78 is 10.9. The molecule has 0 aromatic carbocycles. The predicted molar refractivity (Wildman–Crippen MR) is 55.4 cm³/mol. The van der Waals surface area contributed by atoms with Crippen LogP contribution in [-0.4, -0.2) is 49.1 Å². The van der Waals surface area contributed by atoms with Crippen molar-refractivity contribution in [1.82, 2.24) is 5.32 Å². The molecule has 2 aliphatic heterocycles. The van der Waals surface area contributed by atoms with Crippen molar-refractivity contribution < 1.29 is 19.4 Å². The Bertz CT molecular complexity index is 225. The summed E-state index contributed by atoms with van der Waals surface area (Å²) in [5.41, 5.74) is -0.355. The predicted octanol–water partition coefficient (Wildman–Crippen LogP) is 0.0304. The number of hydrogen-bond acceptors (Lipinski definition) is 4. The molecule has 2 aliphatic rings. The van der Waals surface area contributed by atoms with E-state index in [0.29, 0.717) is 6.61 Å². The highest BCUT2D eigenvalue weighted by atomic mass is 35.5. The van der Waals surface area contributed by atoms with Gasteiger partial charge in [-0.1, -0.05) is 0 Å². The summed E-state index contributed by atoms with van der Waals surface area (Å²) in [5.74, 6) is -0.928. The smallest absolute Gasteiger partial charge is 0.335 e. The summed E-state index contributed by atoms with van der Waals surface area (Å²) in [6, 6.07) is 0. The Morgan fingerprint density at radius 1 is 1.40 bits per heavy atom. The second-order valence-corrected chi connectivity index (χ2v) is 3.89. The second-order valence-electron chi connectivity index (χ2n) is 3.89. The minimum Gasteiger partial charge on any atom is -0.479 e. The van der Waals surface area contributed by atoms with Crippen LogP contribution in [0.5, 0.6) is 0 Å². The van der Waals surface area contributed by atoms with Crippen LogP contribution in [0, 0.1) is 0 Å². The minimum atomic E-state index is -0.928. The van der Waals surface area contributed by atoms with Crippen molar-refractivity contribution >= 4 is 18.4 Å². The van der Waals surface area contributed by atoms with E-state index in [4.69, 9.17) is 14.6 Å². The lowest BCUT2D eigenvalue weighted by Gasteiger charge is -2.42. The van der Waals surface area contributed by atoms with E-state index < -0.39 is 12.1 Å². The Kier molecular flexibility index (Phi) is 4.33. The van der Waals surface area contributed by atoms with Gasteiger partial charge in [0.25, 0.3) is 0 Å². The molecule has 1 atom stereocenters. The molecule has 0 bridgehead atoms. The largest absolute Gasteiger partial charge is 0.479 e. The highest BCUT2D eigenvalue weighted by molar-refractivity contribution is 5.85. The van der Waals surface area contributed by atoms with Crippen molar-refractivity contribution in [3.05, 3.63) is 0 Å².